The average molecular weight is 595 g/mol. The first kappa shape index (κ1) is 27.6. The fourth-order valence-electron chi connectivity index (χ4n) is 6.63. The Kier molecular flexibility index (Phi) is 6.61. The number of esters is 1. The van der Waals surface area contributed by atoms with Gasteiger partial charge >= 0.3 is 12.1 Å². The predicted molar refractivity (Wildman–Crippen MR) is 157 cm³/mol. The van der Waals surface area contributed by atoms with E-state index in [1.165, 1.54) is 6.07 Å². The predicted octanol–water partition coefficient (Wildman–Crippen LogP) is 6.43. The summed E-state index contributed by atoms with van der Waals surface area (Å²) in [4.78, 5) is 45.0. The van der Waals surface area contributed by atoms with E-state index in [-0.39, 0.29) is 5.69 Å². The maximum Gasteiger partial charge on any atom is 0.416 e. The van der Waals surface area contributed by atoms with E-state index in [4.69, 9.17) is 4.74 Å². The van der Waals surface area contributed by atoms with Crippen molar-refractivity contribution in [1.82, 2.24) is 0 Å². The van der Waals surface area contributed by atoms with Crippen molar-refractivity contribution in [1.29, 1.82) is 0 Å². The molecule has 0 radical (unpaired) electrons. The number of carbonyl (C=O) groups is 3. The summed E-state index contributed by atoms with van der Waals surface area (Å²) in [6.07, 6.45) is -1.85. The summed E-state index contributed by atoms with van der Waals surface area (Å²) in [6.45, 7) is 0. The van der Waals surface area contributed by atoms with Gasteiger partial charge in [-0.15, -0.1) is 0 Å². The van der Waals surface area contributed by atoms with Gasteiger partial charge in [0.15, 0.2) is 6.10 Å². The number of ether oxygens (including phenoxy) is 1. The number of nitrogens with zero attached hydrogens (tertiary/aromatic N) is 2. The maximum atomic E-state index is 14.4. The molecule has 0 aliphatic carbocycles. The molecule has 0 N–H and O–H groups in total. The van der Waals surface area contributed by atoms with E-state index in [0.29, 0.717) is 5.69 Å². The Morgan fingerprint density at radius 2 is 1.36 bits per heavy atom. The molecule has 4 aromatic rings. The summed E-state index contributed by atoms with van der Waals surface area (Å²) < 4.78 is 46.9. The molecule has 6 nitrogen and oxygen atoms in total. The van der Waals surface area contributed by atoms with Crippen molar-refractivity contribution in [3.63, 3.8) is 0 Å². The summed E-state index contributed by atoms with van der Waals surface area (Å²) in [5.41, 5.74) is 1.74. The molecule has 0 unspecified atom stereocenters. The molecule has 2 amide bonds. The highest BCUT2D eigenvalue weighted by Crippen LogP contribution is 2.50. The zero-order valence-electron chi connectivity index (χ0n) is 23.1. The van der Waals surface area contributed by atoms with Gasteiger partial charge < -0.3 is 9.64 Å². The molecule has 2 fully saturated rings. The van der Waals surface area contributed by atoms with Crippen LogP contribution in [-0.4, -0.2) is 29.9 Å². The van der Waals surface area contributed by atoms with Gasteiger partial charge in [0.1, 0.15) is 6.04 Å². The molecule has 4 aromatic carbocycles. The third-order valence-electron chi connectivity index (χ3n) is 8.53. The van der Waals surface area contributed by atoms with Crippen LogP contribution in [0.1, 0.15) is 28.4 Å². The van der Waals surface area contributed by atoms with Gasteiger partial charge in [0.05, 0.1) is 29.1 Å². The van der Waals surface area contributed by atoms with Crippen LogP contribution in [0.15, 0.2) is 115 Å². The number of hydrogen-bond donors (Lipinski definition) is 0. The third-order valence-corrected chi connectivity index (χ3v) is 8.53. The van der Waals surface area contributed by atoms with Crippen molar-refractivity contribution >= 4 is 35.2 Å². The number of anilines is 2. The second kappa shape index (κ2) is 10.5. The van der Waals surface area contributed by atoms with E-state index in [1.54, 1.807) is 17.0 Å². The second-order valence-electron chi connectivity index (χ2n) is 11.0. The minimum absolute atomic E-state index is 0.186. The van der Waals surface area contributed by atoms with Crippen LogP contribution in [0.2, 0.25) is 0 Å². The molecule has 3 heterocycles. The maximum absolute atomic E-state index is 14.4. The number of amides is 2. The van der Waals surface area contributed by atoms with E-state index in [1.807, 2.05) is 84.9 Å². The van der Waals surface area contributed by atoms with Crippen molar-refractivity contribution in [3.8, 4) is 0 Å². The van der Waals surface area contributed by atoms with Crippen molar-refractivity contribution < 1.29 is 32.3 Å². The number of alkyl halides is 3. The number of para-hydroxylation sites is 1. The van der Waals surface area contributed by atoms with Gasteiger partial charge in [-0.25, -0.2) is 9.69 Å². The van der Waals surface area contributed by atoms with Crippen LogP contribution in [-0.2, 0) is 25.3 Å². The SMILES string of the molecule is O=C(OC(c1ccccc1)c1ccccc1)[C@@H]1[C@@H]2C(=O)N(c3cccc(C(F)(F)F)c3)C(=O)[C@H]2[C@H]2C=Cc3ccccc3N21. The molecule has 0 saturated carbocycles. The Bertz CT molecular complexity index is 1750. The lowest BCUT2D eigenvalue weighted by Crippen LogP contribution is -2.49. The molecule has 9 heteroatoms. The van der Waals surface area contributed by atoms with Gasteiger partial charge in [-0.1, -0.05) is 97.1 Å². The van der Waals surface area contributed by atoms with Crippen LogP contribution < -0.4 is 9.80 Å². The summed E-state index contributed by atoms with van der Waals surface area (Å²) in [6, 6.07) is 27.9. The number of carbonyl (C=O) groups excluding carboxylic acids is 3. The molecular formula is C35H25F3N2O4. The minimum atomic E-state index is -4.67. The molecule has 3 aliphatic heterocycles. The van der Waals surface area contributed by atoms with E-state index < -0.39 is 59.5 Å². The summed E-state index contributed by atoms with van der Waals surface area (Å²) in [5, 5.41) is 0. The number of rotatable bonds is 5. The molecule has 3 aliphatic rings. The van der Waals surface area contributed by atoms with Gasteiger partial charge in [0.2, 0.25) is 11.8 Å². The standard InChI is InChI=1S/C35H25F3N2O4/c36-35(37,38)24-15-9-16-25(20-24)39-32(41)28-27-19-18-21-10-7-8-17-26(21)40(27)30(29(28)33(39)42)34(43)44-31(22-11-3-1-4-12-22)23-13-5-2-6-14-23/h1-20,27-31H/t27-,28+,29-,30+/m1/s1. The lowest BCUT2D eigenvalue weighted by Gasteiger charge is -2.36. The number of benzene rings is 4. The third kappa shape index (κ3) is 4.47. The van der Waals surface area contributed by atoms with Gasteiger partial charge in [0, 0.05) is 5.69 Å². The zero-order chi connectivity index (χ0) is 30.6. The summed E-state index contributed by atoms with van der Waals surface area (Å²) in [5.74, 6) is -4.30. The fraction of sp³-hybridized carbons (Fsp3) is 0.171. The van der Waals surface area contributed by atoms with E-state index >= 15 is 0 Å². The largest absolute Gasteiger partial charge is 0.451 e. The summed E-state index contributed by atoms with van der Waals surface area (Å²) >= 11 is 0. The smallest absolute Gasteiger partial charge is 0.416 e. The first-order valence-corrected chi connectivity index (χ1v) is 14.1. The quantitative estimate of drug-likeness (QED) is 0.197. The molecule has 0 aromatic heterocycles. The Morgan fingerprint density at radius 1 is 0.750 bits per heavy atom. The van der Waals surface area contributed by atoms with Gasteiger partial charge in [-0.3, -0.25) is 9.59 Å². The van der Waals surface area contributed by atoms with Crippen molar-refractivity contribution in [2.24, 2.45) is 11.8 Å². The minimum Gasteiger partial charge on any atom is -0.451 e. The van der Waals surface area contributed by atoms with Gasteiger partial charge in [0.25, 0.3) is 0 Å². The average Bonchev–Trinajstić information content (AvgIpc) is 3.52. The zero-order valence-corrected chi connectivity index (χ0v) is 23.1. The highest BCUT2D eigenvalue weighted by atomic mass is 19.4. The second-order valence-corrected chi connectivity index (χ2v) is 11.0. The Labute approximate surface area is 251 Å². The molecule has 220 valence electrons. The highest BCUT2D eigenvalue weighted by molar-refractivity contribution is 6.24. The molecule has 4 atom stereocenters. The Hall–Kier alpha value is -5.18. The van der Waals surface area contributed by atoms with Crippen molar-refractivity contribution in [3.05, 3.63) is 138 Å². The number of fused-ring (bicyclic) bond motifs is 5. The van der Waals surface area contributed by atoms with Crippen LogP contribution in [0, 0.1) is 11.8 Å². The first-order chi connectivity index (χ1) is 21.2. The van der Waals surface area contributed by atoms with E-state index in [2.05, 4.69) is 0 Å². The lowest BCUT2D eigenvalue weighted by molar-refractivity contribution is -0.151. The Balaban J connectivity index is 1.31. The van der Waals surface area contributed by atoms with Crippen LogP contribution in [0.3, 0.4) is 0 Å². The van der Waals surface area contributed by atoms with Crippen LogP contribution in [0.4, 0.5) is 24.5 Å². The molecule has 0 bridgehead atoms. The molecule has 44 heavy (non-hydrogen) atoms. The number of halogens is 3. The molecule has 0 spiro atoms. The monoisotopic (exact) mass is 594 g/mol. The fourth-order valence-corrected chi connectivity index (χ4v) is 6.63. The lowest BCUT2D eigenvalue weighted by atomic mass is 9.88. The van der Waals surface area contributed by atoms with Crippen LogP contribution in [0.25, 0.3) is 6.08 Å². The van der Waals surface area contributed by atoms with Crippen LogP contribution in [0.5, 0.6) is 0 Å². The molecule has 2 saturated heterocycles. The molecule has 7 rings (SSSR count). The van der Waals surface area contributed by atoms with Crippen LogP contribution >= 0.6 is 0 Å². The van der Waals surface area contributed by atoms with Gasteiger partial charge in [-0.2, -0.15) is 13.2 Å². The van der Waals surface area contributed by atoms with E-state index in [9.17, 15) is 27.6 Å². The van der Waals surface area contributed by atoms with E-state index in [0.717, 1.165) is 39.8 Å². The molecular weight excluding hydrogens is 569 g/mol. The number of imide groups is 1. The normalized spacial score (nSPS) is 22.2. The van der Waals surface area contributed by atoms with Gasteiger partial charge in [-0.05, 0) is 41.0 Å². The first-order valence-electron chi connectivity index (χ1n) is 14.1. The topological polar surface area (TPSA) is 66.9 Å². The highest BCUT2D eigenvalue weighted by Gasteiger charge is 2.65. The van der Waals surface area contributed by atoms with Crippen molar-refractivity contribution in [2.45, 2.75) is 24.4 Å². The number of hydrogen-bond acceptors (Lipinski definition) is 5. The summed E-state index contributed by atoms with van der Waals surface area (Å²) in [7, 11) is 0. The van der Waals surface area contributed by atoms with Crippen molar-refractivity contribution in [2.75, 3.05) is 9.80 Å². The Morgan fingerprint density at radius 3 is 2.02 bits per heavy atom.